The molecule has 0 aliphatic carbocycles. The Kier molecular flexibility index (Phi) is 8.39. The quantitative estimate of drug-likeness (QED) is 0.361. The molecule has 0 saturated heterocycles. The molecule has 2 aromatic carbocycles. The fourth-order valence-corrected chi connectivity index (χ4v) is 3.62. The molecule has 0 spiro atoms. The van der Waals surface area contributed by atoms with Gasteiger partial charge in [-0.15, -0.1) is 0 Å². The number of aromatic hydroxyl groups is 1. The Balaban J connectivity index is 2.05. The molecule has 1 aromatic heterocycles. The Morgan fingerprint density at radius 2 is 1.65 bits per heavy atom. The first-order chi connectivity index (χ1) is 15.2. The maximum absolute atomic E-state index is 13.5. The van der Waals surface area contributed by atoms with Crippen molar-refractivity contribution in [1.82, 2.24) is 4.57 Å². The minimum atomic E-state index is -0.200. The Hall–Kier alpha value is -2.95. The second-order valence-electron chi connectivity index (χ2n) is 7.85. The van der Waals surface area contributed by atoms with Crippen LogP contribution in [0.1, 0.15) is 57.9 Å². The van der Waals surface area contributed by atoms with Crippen molar-refractivity contribution in [3.05, 3.63) is 64.4 Å². The van der Waals surface area contributed by atoms with Crippen LogP contribution in [0.25, 0.3) is 10.9 Å². The van der Waals surface area contributed by atoms with Crippen LogP contribution in [0.4, 0.5) is 0 Å². The monoisotopic (exact) mass is 423 g/mol. The first-order valence-electron chi connectivity index (χ1n) is 11.3. The molecule has 1 N–H and O–H groups in total. The van der Waals surface area contributed by atoms with Crippen molar-refractivity contribution in [1.29, 1.82) is 0 Å². The molecule has 5 heteroatoms. The lowest BCUT2D eigenvalue weighted by molar-refractivity contribution is 0.257. The normalized spacial score (nSPS) is 11.0. The molecule has 3 rings (SSSR count). The van der Waals surface area contributed by atoms with Crippen LogP contribution >= 0.6 is 0 Å². The fourth-order valence-electron chi connectivity index (χ4n) is 3.62. The average Bonchev–Trinajstić information content (AvgIpc) is 2.78. The molecule has 0 amide bonds. The van der Waals surface area contributed by atoms with E-state index in [1.165, 1.54) is 0 Å². The predicted molar refractivity (Wildman–Crippen MR) is 125 cm³/mol. The smallest absolute Gasteiger partial charge is 0.297 e. The van der Waals surface area contributed by atoms with Crippen molar-refractivity contribution in [2.24, 2.45) is 0 Å². The van der Waals surface area contributed by atoms with E-state index in [1.807, 2.05) is 30.3 Å². The summed E-state index contributed by atoms with van der Waals surface area (Å²) in [5.74, 6) is 0.839. The topological polar surface area (TPSA) is 60.7 Å². The van der Waals surface area contributed by atoms with E-state index in [0.29, 0.717) is 31.0 Å². The third kappa shape index (κ3) is 5.81. The summed E-state index contributed by atoms with van der Waals surface area (Å²) in [4.78, 5) is 13.5. The Morgan fingerprint density at radius 3 is 2.39 bits per heavy atom. The van der Waals surface area contributed by atoms with Gasteiger partial charge in [0.2, 0.25) is 5.75 Å². The number of phenols is 1. The lowest BCUT2D eigenvalue weighted by Gasteiger charge is -2.19. The second-order valence-corrected chi connectivity index (χ2v) is 7.85. The van der Waals surface area contributed by atoms with Gasteiger partial charge < -0.3 is 19.1 Å². The van der Waals surface area contributed by atoms with Crippen LogP contribution in [0.3, 0.4) is 0 Å². The Bertz CT molecular complexity index is 1030. The third-order valence-electron chi connectivity index (χ3n) is 5.37. The molecule has 0 aliphatic rings. The van der Waals surface area contributed by atoms with Gasteiger partial charge in [-0.2, -0.15) is 0 Å². The van der Waals surface area contributed by atoms with Gasteiger partial charge in [0, 0.05) is 18.0 Å². The SMILES string of the molecule is CCCCCCn1c(=O)c(OCCCC)c(OCc2ccccc2)c2ccc(O)cc21. The maximum Gasteiger partial charge on any atom is 0.297 e. The maximum atomic E-state index is 13.5. The van der Waals surface area contributed by atoms with E-state index >= 15 is 0 Å². The standard InChI is InChI=1S/C26H33NO4/c1-3-5-7-11-16-27-23-18-21(28)14-15-22(23)24(25(26(27)29)30-17-6-4-2)31-19-20-12-9-8-10-13-20/h8-10,12-15,18,28H,3-7,11,16-17,19H2,1-2H3. The highest BCUT2D eigenvalue weighted by Gasteiger charge is 2.20. The first-order valence-corrected chi connectivity index (χ1v) is 11.3. The largest absolute Gasteiger partial charge is 0.508 e. The summed E-state index contributed by atoms with van der Waals surface area (Å²) in [5, 5.41) is 10.9. The van der Waals surface area contributed by atoms with Gasteiger partial charge in [0.15, 0.2) is 5.75 Å². The number of hydrogen-bond donors (Lipinski definition) is 1. The van der Waals surface area contributed by atoms with Crippen molar-refractivity contribution < 1.29 is 14.6 Å². The van der Waals surface area contributed by atoms with Crippen molar-refractivity contribution >= 4 is 10.9 Å². The number of nitrogens with zero attached hydrogens (tertiary/aromatic N) is 1. The molecule has 3 aromatic rings. The highest BCUT2D eigenvalue weighted by molar-refractivity contribution is 5.89. The number of ether oxygens (including phenoxy) is 2. The van der Waals surface area contributed by atoms with E-state index in [2.05, 4.69) is 13.8 Å². The molecule has 5 nitrogen and oxygen atoms in total. The molecule has 0 bridgehead atoms. The van der Waals surface area contributed by atoms with Crippen molar-refractivity contribution in [3.8, 4) is 17.2 Å². The van der Waals surface area contributed by atoms with E-state index in [4.69, 9.17) is 9.47 Å². The molecule has 0 aliphatic heterocycles. The predicted octanol–water partition coefficient (Wildman–Crippen LogP) is 6.05. The highest BCUT2D eigenvalue weighted by Crippen LogP contribution is 2.35. The van der Waals surface area contributed by atoms with Crippen LogP contribution < -0.4 is 15.0 Å². The zero-order chi connectivity index (χ0) is 22.1. The molecule has 0 atom stereocenters. The van der Waals surface area contributed by atoms with Crippen molar-refractivity contribution in [2.45, 2.75) is 65.5 Å². The van der Waals surface area contributed by atoms with Crippen LogP contribution in [-0.4, -0.2) is 16.3 Å². The van der Waals surface area contributed by atoms with E-state index in [0.717, 1.165) is 49.5 Å². The van der Waals surface area contributed by atoms with Gasteiger partial charge in [0.1, 0.15) is 12.4 Å². The van der Waals surface area contributed by atoms with E-state index in [1.54, 1.807) is 22.8 Å². The van der Waals surface area contributed by atoms with Crippen molar-refractivity contribution in [2.75, 3.05) is 6.61 Å². The molecule has 0 unspecified atom stereocenters. The Labute approximate surface area is 184 Å². The molecule has 0 fully saturated rings. The van der Waals surface area contributed by atoms with E-state index in [9.17, 15) is 9.90 Å². The fraction of sp³-hybridized carbons (Fsp3) is 0.423. The first kappa shape index (κ1) is 22.7. The summed E-state index contributed by atoms with van der Waals surface area (Å²) >= 11 is 0. The summed E-state index contributed by atoms with van der Waals surface area (Å²) < 4.78 is 13.9. The molecule has 0 radical (unpaired) electrons. The molecule has 0 saturated carbocycles. The number of pyridine rings is 1. The minimum absolute atomic E-state index is 0.128. The number of hydrogen-bond acceptors (Lipinski definition) is 4. The lowest BCUT2D eigenvalue weighted by atomic mass is 10.1. The molecule has 31 heavy (non-hydrogen) atoms. The van der Waals surface area contributed by atoms with Gasteiger partial charge in [0.25, 0.3) is 5.56 Å². The number of fused-ring (bicyclic) bond motifs is 1. The third-order valence-corrected chi connectivity index (χ3v) is 5.37. The number of phenolic OH excluding ortho intramolecular Hbond substituents is 1. The molecule has 1 heterocycles. The van der Waals surface area contributed by atoms with Crippen LogP contribution in [0.5, 0.6) is 17.2 Å². The molecule has 166 valence electrons. The zero-order valence-electron chi connectivity index (χ0n) is 18.6. The number of benzene rings is 2. The average molecular weight is 424 g/mol. The highest BCUT2D eigenvalue weighted by atomic mass is 16.5. The zero-order valence-corrected chi connectivity index (χ0v) is 18.6. The van der Waals surface area contributed by atoms with Gasteiger partial charge in [-0.3, -0.25) is 4.79 Å². The number of unbranched alkanes of at least 4 members (excludes halogenated alkanes) is 4. The number of aromatic nitrogens is 1. The summed E-state index contributed by atoms with van der Waals surface area (Å²) in [6, 6.07) is 14.9. The van der Waals surface area contributed by atoms with Crippen LogP contribution in [-0.2, 0) is 13.2 Å². The summed E-state index contributed by atoms with van der Waals surface area (Å²) in [7, 11) is 0. The van der Waals surface area contributed by atoms with Crippen LogP contribution in [0, 0.1) is 0 Å². The number of rotatable bonds is 12. The second kappa shape index (κ2) is 11.4. The van der Waals surface area contributed by atoms with Gasteiger partial charge in [0.05, 0.1) is 12.1 Å². The minimum Gasteiger partial charge on any atom is -0.508 e. The van der Waals surface area contributed by atoms with Crippen molar-refractivity contribution in [3.63, 3.8) is 0 Å². The lowest BCUT2D eigenvalue weighted by Crippen LogP contribution is -2.24. The molecular formula is C26H33NO4. The van der Waals surface area contributed by atoms with Gasteiger partial charge in [-0.1, -0.05) is 69.9 Å². The van der Waals surface area contributed by atoms with Gasteiger partial charge in [-0.25, -0.2) is 0 Å². The summed E-state index contributed by atoms with van der Waals surface area (Å²) in [5.41, 5.74) is 1.49. The van der Waals surface area contributed by atoms with E-state index < -0.39 is 0 Å². The van der Waals surface area contributed by atoms with Crippen LogP contribution in [0.15, 0.2) is 53.3 Å². The number of aryl methyl sites for hydroxylation is 1. The van der Waals surface area contributed by atoms with E-state index in [-0.39, 0.29) is 17.1 Å². The van der Waals surface area contributed by atoms with Crippen LogP contribution in [0.2, 0.25) is 0 Å². The van der Waals surface area contributed by atoms with Gasteiger partial charge in [-0.05, 0) is 30.5 Å². The Morgan fingerprint density at radius 1 is 0.871 bits per heavy atom. The molecular weight excluding hydrogens is 390 g/mol. The van der Waals surface area contributed by atoms with Gasteiger partial charge >= 0.3 is 0 Å². The summed E-state index contributed by atoms with van der Waals surface area (Å²) in [6.07, 6.45) is 6.07. The summed E-state index contributed by atoms with van der Waals surface area (Å²) in [6.45, 7) is 5.64.